The van der Waals surface area contributed by atoms with Gasteiger partial charge in [0, 0.05) is 39.0 Å². The lowest BCUT2D eigenvalue weighted by molar-refractivity contribution is 1.19. The highest BCUT2D eigenvalue weighted by molar-refractivity contribution is 6.09. The van der Waals surface area contributed by atoms with Gasteiger partial charge in [-0.2, -0.15) is 0 Å². The van der Waals surface area contributed by atoms with Gasteiger partial charge in [0.1, 0.15) is 11.2 Å². The van der Waals surface area contributed by atoms with E-state index in [9.17, 15) is 0 Å². The number of hydrogen-bond acceptors (Lipinski definition) is 4. The van der Waals surface area contributed by atoms with Crippen molar-refractivity contribution >= 4 is 38.5 Å². The van der Waals surface area contributed by atoms with Gasteiger partial charge in [0.25, 0.3) is 0 Å². The zero-order valence-corrected chi connectivity index (χ0v) is 20.9. The molecule has 4 aromatic heterocycles. The van der Waals surface area contributed by atoms with Crippen molar-refractivity contribution in [1.29, 1.82) is 0 Å². The third kappa shape index (κ3) is 3.48. The van der Waals surface area contributed by atoms with Crippen LogP contribution < -0.4 is 0 Å². The Hall–Kier alpha value is -5.42. The molecule has 0 N–H and O–H groups in total. The first-order valence-corrected chi connectivity index (χ1v) is 12.9. The Morgan fingerprint density at radius 1 is 0.436 bits per heavy atom. The quantitative estimate of drug-likeness (QED) is 0.247. The molecule has 4 aromatic carbocycles. The average molecular weight is 500 g/mol. The summed E-state index contributed by atoms with van der Waals surface area (Å²) in [4.78, 5) is 19.9. The number of nitrogens with zero attached hydrogens (tertiary/aromatic N) is 5. The van der Waals surface area contributed by atoms with Gasteiger partial charge in [-0.05, 0) is 18.2 Å². The number of fused-ring (bicyclic) bond motifs is 6. The minimum atomic E-state index is 0.721. The molecule has 0 unspecified atom stereocenters. The van der Waals surface area contributed by atoms with Gasteiger partial charge in [-0.1, -0.05) is 103 Å². The molecule has 0 fully saturated rings. The molecule has 8 aromatic rings. The molecule has 8 rings (SSSR count). The van der Waals surface area contributed by atoms with E-state index in [0.29, 0.717) is 0 Å². The maximum absolute atomic E-state index is 5.14. The fraction of sp³-hybridized carbons (Fsp3) is 0. The maximum Gasteiger partial charge on any atom is 0.165 e. The van der Waals surface area contributed by atoms with E-state index in [1.165, 1.54) is 0 Å². The molecule has 0 bridgehead atoms. The first-order valence-electron chi connectivity index (χ1n) is 12.9. The number of benzene rings is 4. The van der Waals surface area contributed by atoms with Crippen LogP contribution in [0, 0.1) is 0 Å². The van der Waals surface area contributed by atoms with Crippen molar-refractivity contribution < 1.29 is 0 Å². The molecule has 0 aliphatic carbocycles. The van der Waals surface area contributed by atoms with Gasteiger partial charge in [-0.15, -0.1) is 0 Å². The largest absolute Gasteiger partial charge is 0.284 e. The van der Waals surface area contributed by atoms with Crippen molar-refractivity contribution in [1.82, 2.24) is 24.3 Å². The Kier molecular flexibility index (Phi) is 4.76. The summed E-state index contributed by atoms with van der Waals surface area (Å²) in [6.45, 7) is 0. The highest BCUT2D eigenvalue weighted by Crippen LogP contribution is 2.35. The molecule has 0 radical (unpaired) electrons. The predicted octanol–water partition coefficient (Wildman–Crippen LogP) is 7.98. The van der Waals surface area contributed by atoms with Crippen LogP contribution in [0.15, 0.2) is 128 Å². The molecule has 0 aliphatic rings. The second-order valence-electron chi connectivity index (χ2n) is 9.58. The lowest BCUT2D eigenvalue weighted by Crippen LogP contribution is -1.95. The Morgan fingerprint density at radius 3 is 1.87 bits per heavy atom. The first-order chi connectivity index (χ1) is 19.3. The van der Waals surface area contributed by atoms with Crippen molar-refractivity contribution in [2.45, 2.75) is 0 Å². The number of hydrogen-bond donors (Lipinski definition) is 0. The number of aromatic nitrogens is 5. The van der Waals surface area contributed by atoms with E-state index in [-0.39, 0.29) is 0 Å². The molecule has 4 heterocycles. The monoisotopic (exact) mass is 499 g/mol. The third-order valence-electron chi connectivity index (χ3n) is 7.23. The fourth-order valence-corrected chi connectivity index (χ4v) is 5.35. The third-order valence-corrected chi connectivity index (χ3v) is 7.23. The minimum Gasteiger partial charge on any atom is -0.284 e. The smallest absolute Gasteiger partial charge is 0.165 e. The Labute approximate surface area is 224 Å². The molecule has 39 heavy (non-hydrogen) atoms. The van der Waals surface area contributed by atoms with Crippen molar-refractivity contribution in [2.24, 2.45) is 0 Å². The van der Waals surface area contributed by atoms with Crippen LogP contribution in [0.1, 0.15) is 0 Å². The number of pyridine rings is 2. The molecular formula is C34H21N5. The molecule has 182 valence electrons. The van der Waals surface area contributed by atoms with Crippen LogP contribution in [0.2, 0.25) is 0 Å². The van der Waals surface area contributed by atoms with Crippen LogP contribution in [0.25, 0.3) is 72.4 Å². The normalized spacial score (nSPS) is 11.6. The molecule has 5 nitrogen and oxygen atoms in total. The van der Waals surface area contributed by atoms with Crippen molar-refractivity contribution in [3.63, 3.8) is 0 Å². The van der Waals surface area contributed by atoms with Crippen LogP contribution >= 0.6 is 0 Å². The van der Waals surface area contributed by atoms with E-state index < -0.39 is 0 Å². The van der Waals surface area contributed by atoms with E-state index >= 15 is 0 Å². The van der Waals surface area contributed by atoms with Crippen LogP contribution in [-0.4, -0.2) is 24.3 Å². The predicted molar refractivity (Wildman–Crippen MR) is 157 cm³/mol. The zero-order valence-electron chi connectivity index (χ0n) is 20.9. The molecule has 5 heteroatoms. The standard InChI is InChI=1S/C34H21N5/c1-2-10-24(11-3-1)33-35-28-15-7-6-14-27(28)31(37-33)23-19-17-22(18-20-23)30-25-12-4-5-13-26(25)32-34(38-30)39-21-9-8-16-29(39)36-32/h1-21H. The summed E-state index contributed by atoms with van der Waals surface area (Å²) in [6, 6.07) is 41.2. The summed E-state index contributed by atoms with van der Waals surface area (Å²) in [6.07, 6.45) is 2.02. The SMILES string of the molecule is c1ccc(-c2nc(-c3ccc(-c4nc5c(nc6ccccn65)c5ccccc45)cc3)c3ccccc3n2)cc1. The van der Waals surface area contributed by atoms with Crippen LogP contribution in [0.3, 0.4) is 0 Å². The van der Waals surface area contributed by atoms with Crippen molar-refractivity contribution in [2.75, 3.05) is 0 Å². The van der Waals surface area contributed by atoms with Crippen LogP contribution in [-0.2, 0) is 0 Å². The van der Waals surface area contributed by atoms with E-state index in [1.54, 1.807) is 0 Å². The molecule has 0 saturated heterocycles. The Bertz CT molecular complexity index is 2160. The van der Waals surface area contributed by atoms with Crippen molar-refractivity contribution in [3.05, 3.63) is 128 Å². The van der Waals surface area contributed by atoms with E-state index in [1.807, 2.05) is 72.9 Å². The number of imidazole rings is 1. The summed E-state index contributed by atoms with van der Waals surface area (Å²) in [5.74, 6) is 0.721. The molecule has 0 atom stereocenters. The maximum atomic E-state index is 5.14. The fourth-order valence-electron chi connectivity index (χ4n) is 5.35. The lowest BCUT2D eigenvalue weighted by Gasteiger charge is -2.11. The molecular weight excluding hydrogens is 478 g/mol. The summed E-state index contributed by atoms with van der Waals surface area (Å²) < 4.78 is 2.05. The van der Waals surface area contributed by atoms with E-state index in [4.69, 9.17) is 19.9 Å². The Balaban J connectivity index is 1.31. The minimum absolute atomic E-state index is 0.721. The van der Waals surface area contributed by atoms with Crippen LogP contribution in [0.4, 0.5) is 0 Å². The Morgan fingerprint density at radius 2 is 1.08 bits per heavy atom. The van der Waals surface area contributed by atoms with E-state index in [0.717, 1.165) is 72.4 Å². The average Bonchev–Trinajstić information content (AvgIpc) is 3.40. The molecule has 0 spiro atoms. The highest BCUT2D eigenvalue weighted by atomic mass is 15.1. The highest BCUT2D eigenvalue weighted by Gasteiger charge is 2.16. The first kappa shape index (κ1) is 21.6. The molecule has 0 saturated carbocycles. The zero-order chi connectivity index (χ0) is 25.8. The number of rotatable bonds is 3. The summed E-state index contributed by atoms with van der Waals surface area (Å²) >= 11 is 0. The van der Waals surface area contributed by atoms with Gasteiger partial charge in [0.15, 0.2) is 11.5 Å². The van der Waals surface area contributed by atoms with Gasteiger partial charge in [-0.25, -0.2) is 19.9 Å². The van der Waals surface area contributed by atoms with Gasteiger partial charge in [-0.3, -0.25) is 4.40 Å². The van der Waals surface area contributed by atoms with Gasteiger partial charge >= 0.3 is 0 Å². The summed E-state index contributed by atoms with van der Waals surface area (Å²) in [5.41, 5.74) is 8.53. The molecule has 0 amide bonds. The van der Waals surface area contributed by atoms with E-state index in [2.05, 4.69) is 59.0 Å². The molecule has 0 aliphatic heterocycles. The second kappa shape index (κ2) is 8.57. The second-order valence-corrected chi connectivity index (χ2v) is 9.58. The van der Waals surface area contributed by atoms with Gasteiger partial charge in [0.05, 0.1) is 16.9 Å². The topological polar surface area (TPSA) is 56.0 Å². The van der Waals surface area contributed by atoms with Gasteiger partial charge in [0.2, 0.25) is 0 Å². The summed E-state index contributed by atoms with van der Waals surface area (Å²) in [7, 11) is 0. The van der Waals surface area contributed by atoms with Gasteiger partial charge < -0.3 is 0 Å². The summed E-state index contributed by atoms with van der Waals surface area (Å²) in [5, 5.41) is 3.21. The van der Waals surface area contributed by atoms with Crippen LogP contribution in [0.5, 0.6) is 0 Å². The number of para-hydroxylation sites is 1. The van der Waals surface area contributed by atoms with Crippen molar-refractivity contribution in [3.8, 4) is 33.9 Å². The lowest BCUT2D eigenvalue weighted by atomic mass is 10.00.